The van der Waals surface area contributed by atoms with Gasteiger partial charge in [-0.25, -0.2) is 0 Å². The van der Waals surface area contributed by atoms with Crippen molar-refractivity contribution in [1.82, 2.24) is 15.1 Å². The summed E-state index contributed by atoms with van der Waals surface area (Å²) in [5.41, 5.74) is 0.666. The fourth-order valence-corrected chi connectivity index (χ4v) is 3.29. The quantitative estimate of drug-likeness (QED) is 0.890. The molecule has 1 unspecified atom stereocenters. The van der Waals surface area contributed by atoms with Gasteiger partial charge in [-0.1, -0.05) is 18.2 Å². The van der Waals surface area contributed by atoms with Crippen LogP contribution in [0.5, 0.6) is 0 Å². The summed E-state index contributed by atoms with van der Waals surface area (Å²) in [6.07, 6.45) is 2.66. The van der Waals surface area contributed by atoms with Crippen LogP contribution in [0.25, 0.3) is 0 Å². The highest BCUT2D eigenvalue weighted by Crippen LogP contribution is 2.22. The molecule has 2 fully saturated rings. The summed E-state index contributed by atoms with van der Waals surface area (Å²) in [6, 6.07) is 8.97. The first-order chi connectivity index (χ1) is 10.8. The number of benzene rings is 1. The van der Waals surface area contributed by atoms with Crippen LogP contribution < -0.4 is 5.32 Å². The van der Waals surface area contributed by atoms with Crippen molar-refractivity contribution >= 4 is 24.2 Å². The van der Waals surface area contributed by atoms with Gasteiger partial charge in [0.25, 0.3) is 5.91 Å². The van der Waals surface area contributed by atoms with Crippen LogP contribution in [0.3, 0.4) is 0 Å². The zero-order valence-electron chi connectivity index (χ0n) is 13.2. The van der Waals surface area contributed by atoms with Crippen molar-refractivity contribution in [2.75, 3.05) is 32.7 Å². The first-order valence-corrected chi connectivity index (χ1v) is 8.13. The molecule has 2 aliphatic heterocycles. The van der Waals surface area contributed by atoms with Gasteiger partial charge in [0.15, 0.2) is 0 Å². The van der Waals surface area contributed by atoms with Gasteiger partial charge in [-0.2, -0.15) is 0 Å². The highest BCUT2D eigenvalue weighted by molar-refractivity contribution is 5.97. The van der Waals surface area contributed by atoms with Crippen molar-refractivity contribution < 1.29 is 9.59 Å². The Hall–Kier alpha value is -1.59. The summed E-state index contributed by atoms with van der Waals surface area (Å²) < 4.78 is 0. The Morgan fingerprint density at radius 2 is 1.78 bits per heavy atom. The van der Waals surface area contributed by atoms with Crippen LogP contribution in [0.2, 0.25) is 0 Å². The SMILES string of the molecule is Cl.O=C(C1CCCN1C(=O)c1ccccc1)N1CCCNCC1. The molecule has 1 atom stereocenters. The van der Waals surface area contributed by atoms with Gasteiger partial charge in [0.05, 0.1) is 0 Å². The van der Waals surface area contributed by atoms with E-state index in [1.807, 2.05) is 35.2 Å². The zero-order valence-corrected chi connectivity index (χ0v) is 14.1. The molecule has 23 heavy (non-hydrogen) atoms. The number of hydrogen-bond donors (Lipinski definition) is 1. The van der Waals surface area contributed by atoms with Crippen LogP contribution in [-0.2, 0) is 4.79 Å². The Balaban J connectivity index is 0.00000192. The predicted octanol–water partition coefficient (Wildman–Crippen LogP) is 1.53. The van der Waals surface area contributed by atoms with Gasteiger partial charge in [-0.05, 0) is 37.9 Å². The molecule has 5 nitrogen and oxygen atoms in total. The lowest BCUT2D eigenvalue weighted by atomic mass is 10.1. The second-order valence-electron chi connectivity index (χ2n) is 5.95. The van der Waals surface area contributed by atoms with Crippen molar-refractivity contribution in [2.45, 2.75) is 25.3 Å². The largest absolute Gasteiger partial charge is 0.340 e. The van der Waals surface area contributed by atoms with Crippen molar-refractivity contribution in [3.8, 4) is 0 Å². The fraction of sp³-hybridized carbons (Fsp3) is 0.529. The molecular weight excluding hydrogens is 314 g/mol. The zero-order chi connectivity index (χ0) is 15.4. The minimum absolute atomic E-state index is 0. The maximum atomic E-state index is 12.8. The number of likely N-dealkylation sites (tertiary alicyclic amines) is 1. The van der Waals surface area contributed by atoms with E-state index in [9.17, 15) is 9.59 Å². The van der Waals surface area contributed by atoms with Gasteiger partial charge in [-0.3, -0.25) is 9.59 Å². The summed E-state index contributed by atoms with van der Waals surface area (Å²) in [7, 11) is 0. The van der Waals surface area contributed by atoms with E-state index in [1.54, 1.807) is 4.90 Å². The summed E-state index contributed by atoms with van der Waals surface area (Å²) in [5.74, 6) is 0.0925. The Labute approximate surface area is 143 Å². The van der Waals surface area contributed by atoms with E-state index in [4.69, 9.17) is 0 Å². The number of nitrogens with zero attached hydrogens (tertiary/aromatic N) is 2. The number of rotatable bonds is 2. The standard InChI is InChI=1S/C17H23N3O2.ClH/c21-16(14-6-2-1-3-7-14)20-12-4-8-15(20)17(22)19-11-5-9-18-10-13-19;/h1-3,6-7,15,18H,4-5,8-13H2;1H. The van der Waals surface area contributed by atoms with Crippen LogP contribution in [0, 0.1) is 0 Å². The van der Waals surface area contributed by atoms with E-state index in [-0.39, 0.29) is 30.3 Å². The highest BCUT2D eigenvalue weighted by atomic mass is 35.5. The molecule has 0 aromatic heterocycles. The Morgan fingerprint density at radius 3 is 2.57 bits per heavy atom. The minimum atomic E-state index is -0.286. The smallest absolute Gasteiger partial charge is 0.254 e. The molecule has 3 rings (SSSR count). The summed E-state index contributed by atoms with van der Waals surface area (Å²) in [6.45, 7) is 4.00. The molecule has 2 saturated heterocycles. The van der Waals surface area contributed by atoms with Gasteiger partial charge < -0.3 is 15.1 Å². The first kappa shape index (κ1) is 17.8. The number of carbonyl (C=O) groups is 2. The maximum absolute atomic E-state index is 12.8. The second-order valence-corrected chi connectivity index (χ2v) is 5.95. The average Bonchev–Trinajstić information content (AvgIpc) is 2.89. The third kappa shape index (κ3) is 4.03. The molecule has 0 spiro atoms. The molecule has 1 N–H and O–H groups in total. The molecular formula is C17H24ClN3O2. The van der Waals surface area contributed by atoms with Crippen LogP contribution in [0.1, 0.15) is 29.6 Å². The minimum Gasteiger partial charge on any atom is -0.340 e. The van der Waals surface area contributed by atoms with Crippen molar-refractivity contribution in [3.05, 3.63) is 35.9 Å². The topological polar surface area (TPSA) is 52.7 Å². The van der Waals surface area contributed by atoms with Crippen molar-refractivity contribution in [2.24, 2.45) is 0 Å². The Kier molecular flexibility index (Phi) is 6.42. The molecule has 1 aromatic carbocycles. The van der Waals surface area contributed by atoms with Gasteiger partial charge in [0.1, 0.15) is 6.04 Å². The van der Waals surface area contributed by atoms with E-state index in [2.05, 4.69) is 5.32 Å². The van der Waals surface area contributed by atoms with E-state index < -0.39 is 0 Å². The molecule has 0 bridgehead atoms. The van der Waals surface area contributed by atoms with Crippen LogP contribution in [0.15, 0.2) is 30.3 Å². The summed E-state index contributed by atoms with van der Waals surface area (Å²) in [4.78, 5) is 29.1. The lowest BCUT2D eigenvalue weighted by Gasteiger charge is -2.29. The lowest BCUT2D eigenvalue weighted by Crippen LogP contribution is -2.48. The second kappa shape index (κ2) is 8.31. The monoisotopic (exact) mass is 337 g/mol. The normalized spacial score (nSPS) is 21.5. The van der Waals surface area contributed by atoms with Crippen molar-refractivity contribution in [1.29, 1.82) is 0 Å². The maximum Gasteiger partial charge on any atom is 0.254 e. The van der Waals surface area contributed by atoms with Gasteiger partial charge >= 0.3 is 0 Å². The van der Waals surface area contributed by atoms with E-state index in [0.29, 0.717) is 12.1 Å². The summed E-state index contributed by atoms with van der Waals surface area (Å²) >= 11 is 0. The van der Waals surface area contributed by atoms with E-state index >= 15 is 0 Å². The third-order valence-corrected chi connectivity index (χ3v) is 4.47. The number of hydrogen-bond acceptors (Lipinski definition) is 3. The Bertz CT molecular complexity index is 530. The van der Waals surface area contributed by atoms with Gasteiger partial charge in [-0.15, -0.1) is 12.4 Å². The van der Waals surface area contributed by atoms with Crippen LogP contribution >= 0.6 is 12.4 Å². The number of halogens is 1. The molecule has 2 aliphatic rings. The average molecular weight is 338 g/mol. The molecule has 6 heteroatoms. The lowest BCUT2D eigenvalue weighted by molar-refractivity contribution is -0.135. The summed E-state index contributed by atoms with van der Waals surface area (Å²) in [5, 5.41) is 3.31. The van der Waals surface area contributed by atoms with Crippen molar-refractivity contribution in [3.63, 3.8) is 0 Å². The molecule has 2 heterocycles. The van der Waals surface area contributed by atoms with E-state index in [1.165, 1.54) is 0 Å². The Morgan fingerprint density at radius 1 is 1.00 bits per heavy atom. The number of nitrogens with one attached hydrogen (secondary N) is 1. The molecule has 2 amide bonds. The number of carbonyl (C=O) groups excluding carboxylic acids is 2. The van der Waals surface area contributed by atoms with Crippen LogP contribution in [-0.4, -0.2) is 60.4 Å². The fourth-order valence-electron chi connectivity index (χ4n) is 3.29. The van der Waals surface area contributed by atoms with Gasteiger partial charge in [0.2, 0.25) is 5.91 Å². The van der Waals surface area contributed by atoms with E-state index in [0.717, 1.165) is 45.4 Å². The predicted molar refractivity (Wildman–Crippen MR) is 91.8 cm³/mol. The molecule has 0 radical (unpaired) electrons. The molecule has 0 saturated carbocycles. The molecule has 1 aromatic rings. The van der Waals surface area contributed by atoms with Gasteiger partial charge in [0, 0.05) is 31.7 Å². The first-order valence-electron chi connectivity index (χ1n) is 8.13. The molecule has 126 valence electrons. The highest BCUT2D eigenvalue weighted by Gasteiger charge is 2.36. The third-order valence-electron chi connectivity index (χ3n) is 4.47. The number of amides is 2. The molecule has 0 aliphatic carbocycles. The van der Waals surface area contributed by atoms with Crippen LogP contribution in [0.4, 0.5) is 0 Å².